The normalized spacial score (nSPS) is 20.1. The predicted octanol–water partition coefficient (Wildman–Crippen LogP) is -0.227. The molecule has 0 spiro atoms. The van der Waals surface area contributed by atoms with Crippen molar-refractivity contribution in [3.05, 3.63) is 11.3 Å². The van der Waals surface area contributed by atoms with Crippen LogP contribution in [0.3, 0.4) is 0 Å². The molecule has 1 aliphatic heterocycles. The minimum atomic E-state index is -0.149. The van der Waals surface area contributed by atoms with Crippen LogP contribution < -0.4 is 15.5 Å². The average Bonchev–Trinajstić information content (AvgIpc) is 2.59. The molecule has 1 aromatic heterocycles. The second-order valence-electron chi connectivity index (χ2n) is 4.70. The fraction of sp³-hybridized carbons (Fsp3) is 0.667. The molecule has 18 heavy (non-hydrogen) atoms. The van der Waals surface area contributed by atoms with E-state index in [-0.39, 0.29) is 11.9 Å². The summed E-state index contributed by atoms with van der Waals surface area (Å²) in [5.74, 6) is 1.12. The maximum Gasteiger partial charge on any atom is 0.242 e. The second-order valence-corrected chi connectivity index (χ2v) is 4.70. The van der Waals surface area contributed by atoms with Gasteiger partial charge in [0.15, 0.2) is 0 Å². The number of aryl methyl sites for hydroxylation is 2. The second kappa shape index (κ2) is 4.97. The highest BCUT2D eigenvalue weighted by molar-refractivity contribution is 5.86. The summed E-state index contributed by atoms with van der Waals surface area (Å²) in [5, 5.41) is 10.5. The van der Waals surface area contributed by atoms with Crippen molar-refractivity contribution in [3.63, 3.8) is 0 Å². The topological polar surface area (TPSA) is 62.2 Å². The zero-order chi connectivity index (χ0) is 13.3. The van der Waals surface area contributed by atoms with Gasteiger partial charge in [-0.05, 0) is 20.9 Å². The summed E-state index contributed by atoms with van der Waals surface area (Å²) >= 11 is 0. The summed E-state index contributed by atoms with van der Waals surface area (Å²) in [7, 11) is 3.85. The molecule has 2 heterocycles. The van der Waals surface area contributed by atoms with E-state index in [4.69, 9.17) is 0 Å². The molecule has 0 radical (unpaired) electrons. The van der Waals surface area contributed by atoms with E-state index in [1.165, 1.54) is 5.56 Å². The van der Waals surface area contributed by atoms with E-state index in [1.54, 1.807) is 0 Å². The third kappa shape index (κ3) is 2.08. The number of piperazine rings is 1. The Hall–Kier alpha value is -1.56. The van der Waals surface area contributed by atoms with Gasteiger partial charge in [-0.1, -0.05) is 0 Å². The third-order valence-electron chi connectivity index (χ3n) is 3.44. The van der Waals surface area contributed by atoms with Crippen LogP contribution in [0.4, 0.5) is 5.82 Å². The summed E-state index contributed by atoms with van der Waals surface area (Å²) in [6.07, 6.45) is 0. The Morgan fingerprint density at radius 1 is 1.56 bits per heavy atom. The fourth-order valence-corrected chi connectivity index (χ4v) is 2.50. The first kappa shape index (κ1) is 12.9. The quantitative estimate of drug-likeness (QED) is 0.779. The zero-order valence-corrected chi connectivity index (χ0v) is 11.4. The monoisotopic (exact) mass is 251 g/mol. The molecule has 1 saturated heterocycles. The molecule has 1 aromatic rings. The molecule has 100 valence electrons. The van der Waals surface area contributed by atoms with Crippen LogP contribution in [0.5, 0.6) is 0 Å². The van der Waals surface area contributed by atoms with E-state index in [9.17, 15) is 4.79 Å². The van der Waals surface area contributed by atoms with Gasteiger partial charge in [0.05, 0.1) is 5.69 Å². The van der Waals surface area contributed by atoms with E-state index >= 15 is 0 Å². The van der Waals surface area contributed by atoms with Crippen LogP contribution in [0.2, 0.25) is 0 Å². The van der Waals surface area contributed by atoms with Crippen LogP contribution in [-0.4, -0.2) is 41.9 Å². The summed E-state index contributed by atoms with van der Waals surface area (Å²) in [6, 6.07) is -0.149. The molecule has 1 atom stereocenters. The van der Waals surface area contributed by atoms with Crippen molar-refractivity contribution in [1.82, 2.24) is 20.4 Å². The summed E-state index contributed by atoms with van der Waals surface area (Å²) in [4.78, 5) is 13.9. The van der Waals surface area contributed by atoms with Crippen LogP contribution in [0.1, 0.15) is 18.2 Å². The van der Waals surface area contributed by atoms with E-state index < -0.39 is 0 Å². The number of amides is 1. The lowest BCUT2D eigenvalue weighted by Crippen LogP contribution is -2.54. The largest absolute Gasteiger partial charge is 0.353 e. The van der Waals surface area contributed by atoms with Crippen molar-refractivity contribution in [1.29, 1.82) is 0 Å². The van der Waals surface area contributed by atoms with Crippen molar-refractivity contribution in [3.8, 4) is 0 Å². The number of nitrogens with one attached hydrogen (secondary N) is 2. The lowest BCUT2D eigenvalue weighted by molar-refractivity contribution is -0.122. The Bertz CT molecular complexity index is 454. The van der Waals surface area contributed by atoms with Crippen LogP contribution in [0, 0.1) is 6.92 Å². The molecule has 1 aliphatic rings. The van der Waals surface area contributed by atoms with Crippen molar-refractivity contribution < 1.29 is 4.79 Å². The van der Waals surface area contributed by atoms with Crippen molar-refractivity contribution in [2.75, 3.05) is 25.0 Å². The first-order chi connectivity index (χ1) is 8.56. The van der Waals surface area contributed by atoms with E-state index in [2.05, 4.69) is 20.6 Å². The van der Waals surface area contributed by atoms with Gasteiger partial charge in [-0.25, -0.2) is 0 Å². The van der Waals surface area contributed by atoms with E-state index in [0.717, 1.165) is 24.6 Å². The Balaban J connectivity index is 2.39. The van der Waals surface area contributed by atoms with Gasteiger partial charge in [-0.3, -0.25) is 9.48 Å². The van der Waals surface area contributed by atoms with E-state index in [1.807, 2.05) is 32.6 Å². The Kier molecular flexibility index (Phi) is 3.56. The zero-order valence-electron chi connectivity index (χ0n) is 11.4. The smallest absolute Gasteiger partial charge is 0.242 e. The first-order valence-electron chi connectivity index (χ1n) is 6.27. The summed E-state index contributed by atoms with van der Waals surface area (Å²) < 4.78 is 1.87. The predicted molar refractivity (Wildman–Crippen MR) is 70.5 cm³/mol. The van der Waals surface area contributed by atoms with Crippen LogP contribution in [0.25, 0.3) is 0 Å². The molecular weight excluding hydrogens is 230 g/mol. The standard InChI is InChI=1S/C12H21N5O/c1-8-10(7-13-3)12(16(4)15-8)17-6-5-14-11(18)9(17)2/h9,13H,5-7H2,1-4H3,(H,14,18). The van der Waals surface area contributed by atoms with Gasteiger partial charge in [0.2, 0.25) is 5.91 Å². The lowest BCUT2D eigenvalue weighted by atomic mass is 10.1. The van der Waals surface area contributed by atoms with Crippen molar-refractivity contribution in [2.45, 2.75) is 26.4 Å². The molecule has 0 saturated carbocycles. The molecule has 2 N–H and O–H groups in total. The average molecular weight is 251 g/mol. The molecule has 1 amide bonds. The van der Waals surface area contributed by atoms with Gasteiger partial charge in [0, 0.05) is 32.2 Å². The number of carbonyl (C=O) groups excluding carboxylic acids is 1. The molecule has 0 aromatic carbocycles. The van der Waals surface area contributed by atoms with E-state index in [0.29, 0.717) is 6.54 Å². The molecule has 2 rings (SSSR count). The Morgan fingerprint density at radius 2 is 2.28 bits per heavy atom. The maximum absolute atomic E-state index is 11.8. The molecule has 0 bridgehead atoms. The van der Waals surface area contributed by atoms with Gasteiger partial charge in [0.25, 0.3) is 0 Å². The van der Waals surface area contributed by atoms with Crippen molar-refractivity contribution >= 4 is 11.7 Å². The number of aromatic nitrogens is 2. The highest BCUT2D eigenvalue weighted by Crippen LogP contribution is 2.25. The first-order valence-corrected chi connectivity index (χ1v) is 6.27. The molecular formula is C12H21N5O. The third-order valence-corrected chi connectivity index (χ3v) is 3.44. The molecule has 6 heteroatoms. The molecule has 1 fully saturated rings. The van der Waals surface area contributed by atoms with Crippen LogP contribution >= 0.6 is 0 Å². The van der Waals surface area contributed by atoms with Crippen molar-refractivity contribution in [2.24, 2.45) is 7.05 Å². The molecule has 0 aliphatic carbocycles. The summed E-state index contributed by atoms with van der Waals surface area (Å²) in [5.41, 5.74) is 2.18. The number of nitrogens with zero attached hydrogens (tertiary/aromatic N) is 3. The van der Waals surface area contributed by atoms with Gasteiger partial charge in [0.1, 0.15) is 11.9 Å². The molecule has 6 nitrogen and oxygen atoms in total. The molecule has 1 unspecified atom stereocenters. The minimum Gasteiger partial charge on any atom is -0.353 e. The number of rotatable bonds is 3. The lowest BCUT2D eigenvalue weighted by Gasteiger charge is -2.35. The van der Waals surface area contributed by atoms with Crippen LogP contribution in [0.15, 0.2) is 0 Å². The van der Waals surface area contributed by atoms with Crippen LogP contribution in [-0.2, 0) is 18.4 Å². The number of hydrogen-bond donors (Lipinski definition) is 2. The van der Waals surface area contributed by atoms with Gasteiger partial charge in [-0.2, -0.15) is 5.10 Å². The Labute approximate surface area is 107 Å². The summed E-state index contributed by atoms with van der Waals surface area (Å²) in [6.45, 7) is 6.21. The Morgan fingerprint density at radius 3 is 2.94 bits per heavy atom. The number of hydrogen-bond acceptors (Lipinski definition) is 4. The number of carbonyl (C=O) groups is 1. The highest BCUT2D eigenvalue weighted by atomic mass is 16.2. The SMILES string of the molecule is CNCc1c(C)nn(C)c1N1CCNC(=O)C1C. The minimum absolute atomic E-state index is 0.0792. The highest BCUT2D eigenvalue weighted by Gasteiger charge is 2.29. The van der Waals surface area contributed by atoms with Gasteiger partial charge < -0.3 is 15.5 Å². The fourth-order valence-electron chi connectivity index (χ4n) is 2.50. The number of anilines is 1. The van der Waals surface area contributed by atoms with Gasteiger partial charge in [-0.15, -0.1) is 0 Å². The van der Waals surface area contributed by atoms with Gasteiger partial charge >= 0.3 is 0 Å². The maximum atomic E-state index is 11.8.